The summed E-state index contributed by atoms with van der Waals surface area (Å²) in [6.07, 6.45) is 0. The summed E-state index contributed by atoms with van der Waals surface area (Å²) in [5, 5.41) is 8.29. The summed E-state index contributed by atoms with van der Waals surface area (Å²) in [5.41, 5.74) is -0.299. The van der Waals surface area contributed by atoms with E-state index in [1.807, 2.05) is 0 Å². The Bertz CT molecular complexity index is 316. The van der Waals surface area contributed by atoms with Gasteiger partial charge in [-0.15, -0.1) is 0 Å². The first-order valence-electron chi connectivity index (χ1n) is 3.29. The van der Waals surface area contributed by atoms with Gasteiger partial charge in [-0.2, -0.15) is 0 Å². The van der Waals surface area contributed by atoms with Crippen LogP contribution in [0.25, 0.3) is 0 Å². The summed E-state index contributed by atoms with van der Waals surface area (Å²) in [7, 11) is 0. The highest BCUT2D eigenvalue weighted by atomic mass is 19.1. The zero-order chi connectivity index (χ0) is 8.97. The molecule has 0 saturated carbocycles. The van der Waals surface area contributed by atoms with Crippen molar-refractivity contribution in [3.63, 3.8) is 0 Å². The summed E-state index contributed by atoms with van der Waals surface area (Å²) < 4.78 is 25.5. The van der Waals surface area contributed by atoms with Crippen LogP contribution in [0.2, 0.25) is 0 Å². The van der Waals surface area contributed by atoms with Gasteiger partial charge in [-0.1, -0.05) is 17.9 Å². The molecule has 0 spiro atoms. The quantitative estimate of drug-likeness (QED) is 0.579. The van der Waals surface area contributed by atoms with Gasteiger partial charge in [-0.05, 0) is 12.1 Å². The number of hydrogen-bond donors (Lipinski definition) is 1. The molecule has 0 bridgehead atoms. The minimum atomic E-state index is -0.712. The van der Waals surface area contributed by atoms with E-state index in [2.05, 4.69) is 11.8 Å². The second kappa shape index (κ2) is 3.84. The minimum absolute atomic E-state index is 0.299. The number of hydrogen-bond acceptors (Lipinski definition) is 1. The lowest BCUT2D eigenvalue weighted by Crippen LogP contribution is -1.88. The molecule has 1 nitrogen and oxygen atoms in total. The maximum absolute atomic E-state index is 12.7. The molecule has 0 unspecified atom stereocenters. The van der Waals surface area contributed by atoms with Gasteiger partial charge in [-0.3, -0.25) is 0 Å². The molecule has 0 aliphatic heterocycles. The van der Waals surface area contributed by atoms with Gasteiger partial charge in [0.15, 0.2) is 0 Å². The van der Waals surface area contributed by atoms with Gasteiger partial charge in [0.05, 0.1) is 5.56 Å². The Morgan fingerprint density at radius 1 is 1.25 bits per heavy atom. The Balaban J connectivity index is 3.13. The van der Waals surface area contributed by atoms with Crippen molar-refractivity contribution in [2.24, 2.45) is 0 Å². The van der Waals surface area contributed by atoms with Crippen molar-refractivity contribution in [1.82, 2.24) is 0 Å². The van der Waals surface area contributed by atoms with E-state index in [1.54, 1.807) is 0 Å². The van der Waals surface area contributed by atoms with Crippen molar-refractivity contribution in [3.8, 4) is 11.8 Å². The molecule has 0 heterocycles. The lowest BCUT2D eigenvalue weighted by Gasteiger charge is -1.94. The third kappa shape index (κ3) is 1.80. The third-order valence-corrected chi connectivity index (χ3v) is 1.26. The van der Waals surface area contributed by atoms with Crippen LogP contribution in [0.15, 0.2) is 18.2 Å². The topological polar surface area (TPSA) is 20.2 Å². The van der Waals surface area contributed by atoms with Crippen LogP contribution >= 0.6 is 0 Å². The molecule has 1 aromatic rings. The van der Waals surface area contributed by atoms with Gasteiger partial charge in [0.25, 0.3) is 0 Å². The van der Waals surface area contributed by atoms with E-state index in [9.17, 15) is 8.78 Å². The molecule has 0 atom stereocenters. The molecular weight excluding hydrogens is 162 g/mol. The first-order valence-corrected chi connectivity index (χ1v) is 3.29. The maximum Gasteiger partial charge on any atom is 0.141 e. The number of aliphatic hydroxyl groups excluding tert-OH is 1. The smallest absolute Gasteiger partial charge is 0.141 e. The maximum atomic E-state index is 12.7. The van der Waals surface area contributed by atoms with Gasteiger partial charge >= 0.3 is 0 Å². The van der Waals surface area contributed by atoms with Crippen molar-refractivity contribution in [1.29, 1.82) is 0 Å². The fourth-order valence-electron chi connectivity index (χ4n) is 0.745. The summed E-state index contributed by atoms with van der Waals surface area (Å²) in [4.78, 5) is 0. The van der Waals surface area contributed by atoms with E-state index >= 15 is 0 Å². The third-order valence-electron chi connectivity index (χ3n) is 1.26. The molecule has 0 saturated heterocycles. The molecule has 0 aromatic heterocycles. The molecule has 1 aromatic carbocycles. The monoisotopic (exact) mass is 168 g/mol. The summed E-state index contributed by atoms with van der Waals surface area (Å²) in [5.74, 6) is 2.93. The number of benzene rings is 1. The van der Waals surface area contributed by atoms with Crippen molar-refractivity contribution in [2.75, 3.05) is 6.61 Å². The van der Waals surface area contributed by atoms with Gasteiger partial charge < -0.3 is 5.11 Å². The molecule has 12 heavy (non-hydrogen) atoms. The summed E-state index contributed by atoms with van der Waals surface area (Å²) in [6.45, 7) is -0.409. The molecule has 0 aliphatic rings. The van der Waals surface area contributed by atoms with Crippen LogP contribution < -0.4 is 0 Å². The average molecular weight is 168 g/mol. The Hall–Kier alpha value is -1.40. The van der Waals surface area contributed by atoms with E-state index in [0.717, 1.165) is 12.1 Å². The Morgan fingerprint density at radius 3 is 2.33 bits per heavy atom. The van der Waals surface area contributed by atoms with Crippen LogP contribution in [0.5, 0.6) is 0 Å². The van der Waals surface area contributed by atoms with Crippen LogP contribution in [-0.4, -0.2) is 11.7 Å². The first kappa shape index (κ1) is 8.69. The van der Waals surface area contributed by atoms with Crippen LogP contribution in [0.4, 0.5) is 8.78 Å². The van der Waals surface area contributed by atoms with Gasteiger partial charge in [-0.25, -0.2) is 8.78 Å². The van der Waals surface area contributed by atoms with E-state index in [0.29, 0.717) is 0 Å². The molecule has 0 aliphatic carbocycles. The Kier molecular flexibility index (Phi) is 2.78. The van der Waals surface area contributed by atoms with Crippen molar-refractivity contribution in [3.05, 3.63) is 35.4 Å². The van der Waals surface area contributed by atoms with Gasteiger partial charge in [0.2, 0.25) is 0 Å². The van der Waals surface area contributed by atoms with Crippen LogP contribution in [-0.2, 0) is 0 Å². The van der Waals surface area contributed by atoms with E-state index in [-0.39, 0.29) is 5.56 Å². The van der Waals surface area contributed by atoms with Crippen molar-refractivity contribution in [2.45, 2.75) is 0 Å². The molecular formula is C9H6F2O. The fourth-order valence-corrected chi connectivity index (χ4v) is 0.745. The second-order valence-corrected chi connectivity index (χ2v) is 2.06. The molecule has 3 heteroatoms. The van der Waals surface area contributed by atoms with E-state index in [4.69, 9.17) is 5.11 Å². The highest BCUT2D eigenvalue weighted by molar-refractivity contribution is 5.36. The van der Waals surface area contributed by atoms with Crippen LogP contribution in [0.3, 0.4) is 0 Å². The number of halogens is 2. The highest BCUT2D eigenvalue weighted by Crippen LogP contribution is 2.09. The van der Waals surface area contributed by atoms with Crippen molar-refractivity contribution < 1.29 is 13.9 Å². The van der Waals surface area contributed by atoms with Crippen LogP contribution in [0, 0.1) is 23.5 Å². The average Bonchev–Trinajstić information content (AvgIpc) is 2.04. The first-order chi connectivity index (χ1) is 5.75. The predicted octanol–water partition coefficient (Wildman–Crippen LogP) is 1.31. The largest absolute Gasteiger partial charge is 0.384 e. The normalized spacial score (nSPS) is 8.92. The fraction of sp³-hybridized carbons (Fsp3) is 0.111. The van der Waals surface area contributed by atoms with Gasteiger partial charge in [0.1, 0.15) is 18.2 Å². The molecule has 1 N–H and O–H groups in total. The lowest BCUT2D eigenvalue weighted by atomic mass is 10.2. The highest BCUT2D eigenvalue weighted by Gasteiger charge is 2.03. The lowest BCUT2D eigenvalue weighted by molar-refractivity contribution is 0.350. The van der Waals surface area contributed by atoms with E-state index < -0.39 is 18.2 Å². The summed E-state index contributed by atoms with van der Waals surface area (Å²) >= 11 is 0. The molecule has 62 valence electrons. The van der Waals surface area contributed by atoms with E-state index in [1.165, 1.54) is 6.07 Å². The Labute approximate surface area is 68.7 Å². The zero-order valence-corrected chi connectivity index (χ0v) is 6.14. The number of rotatable bonds is 0. The summed E-state index contributed by atoms with van der Waals surface area (Å²) in [6, 6.07) is 3.49. The van der Waals surface area contributed by atoms with Gasteiger partial charge in [0, 0.05) is 0 Å². The van der Waals surface area contributed by atoms with Crippen LogP contribution in [0.1, 0.15) is 5.56 Å². The molecule has 0 amide bonds. The van der Waals surface area contributed by atoms with Crippen molar-refractivity contribution >= 4 is 0 Å². The Morgan fingerprint density at radius 2 is 1.83 bits per heavy atom. The molecule has 1 rings (SSSR count). The predicted molar refractivity (Wildman–Crippen MR) is 40.3 cm³/mol. The SMILES string of the molecule is OCC#Cc1c(F)cccc1F. The molecule has 0 fully saturated rings. The molecule has 0 radical (unpaired) electrons. The number of aliphatic hydroxyl groups is 1. The second-order valence-electron chi connectivity index (χ2n) is 2.06. The zero-order valence-electron chi connectivity index (χ0n) is 6.14. The standard InChI is InChI=1S/C9H6F2O/c10-8-4-1-5-9(11)7(8)3-2-6-12/h1,4-5,12H,6H2. The minimum Gasteiger partial charge on any atom is -0.384 e.